The van der Waals surface area contributed by atoms with Gasteiger partial charge in [0.1, 0.15) is 0 Å². The number of thioether (sulfide) groups is 3. The molecule has 1 rings (SSSR count). The highest BCUT2D eigenvalue weighted by Crippen LogP contribution is 2.33. The number of benzene rings is 1. The van der Waals surface area contributed by atoms with E-state index >= 15 is 0 Å². The summed E-state index contributed by atoms with van der Waals surface area (Å²) in [5.41, 5.74) is 1.38. The molecule has 0 aliphatic heterocycles. The van der Waals surface area contributed by atoms with E-state index in [1.807, 2.05) is 35.3 Å². The number of hydrogen-bond acceptors (Lipinski definition) is 3. The molecule has 1 aromatic carbocycles. The fourth-order valence-electron chi connectivity index (χ4n) is 1.18. The Morgan fingerprint density at radius 3 is 1.69 bits per heavy atom. The Balaban J connectivity index is 3.18. The van der Waals surface area contributed by atoms with Crippen LogP contribution in [0.4, 0.5) is 0 Å². The van der Waals surface area contributed by atoms with Crippen molar-refractivity contribution in [1.82, 2.24) is 0 Å². The third-order valence-electron chi connectivity index (χ3n) is 1.90. The Morgan fingerprint density at radius 1 is 0.769 bits per heavy atom. The first kappa shape index (κ1) is 11.3. The Bertz CT molecular complexity index is 294. The van der Waals surface area contributed by atoms with Gasteiger partial charge in [0.15, 0.2) is 0 Å². The Morgan fingerprint density at radius 2 is 1.23 bits per heavy atom. The van der Waals surface area contributed by atoms with Gasteiger partial charge in [-0.2, -0.15) is 0 Å². The summed E-state index contributed by atoms with van der Waals surface area (Å²) >= 11 is 5.47. The molecule has 3 heteroatoms. The monoisotopic (exact) mass is 230 g/mol. The van der Waals surface area contributed by atoms with E-state index < -0.39 is 0 Å². The van der Waals surface area contributed by atoms with Crippen molar-refractivity contribution in [3.05, 3.63) is 17.7 Å². The molecule has 72 valence electrons. The van der Waals surface area contributed by atoms with Crippen LogP contribution in [0.25, 0.3) is 0 Å². The quantitative estimate of drug-likeness (QED) is 0.716. The van der Waals surface area contributed by atoms with Crippen LogP contribution < -0.4 is 0 Å². The van der Waals surface area contributed by atoms with E-state index in [0.29, 0.717) is 0 Å². The van der Waals surface area contributed by atoms with Crippen LogP contribution in [0.3, 0.4) is 0 Å². The Hall–Kier alpha value is 0.270. The van der Waals surface area contributed by atoms with Gasteiger partial charge in [-0.3, -0.25) is 0 Å². The summed E-state index contributed by atoms with van der Waals surface area (Å²) in [6.07, 6.45) is 6.40. The molecule has 0 fully saturated rings. The second kappa shape index (κ2) is 5.23. The van der Waals surface area contributed by atoms with Crippen LogP contribution in [0.1, 0.15) is 5.56 Å². The van der Waals surface area contributed by atoms with E-state index in [4.69, 9.17) is 0 Å². The highest BCUT2D eigenvalue weighted by atomic mass is 32.2. The summed E-state index contributed by atoms with van der Waals surface area (Å²) in [6, 6.07) is 4.57. The van der Waals surface area contributed by atoms with Crippen molar-refractivity contribution in [2.75, 3.05) is 18.8 Å². The standard InChI is InChI=1S/C10H14S3/c1-7-5-9(12-3)10(13-4)6-8(7)11-2/h5-6H,1-4H3. The highest BCUT2D eigenvalue weighted by Gasteiger charge is 2.04. The molecule has 0 spiro atoms. The van der Waals surface area contributed by atoms with Crippen LogP contribution in [0.2, 0.25) is 0 Å². The Kier molecular flexibility index (Phi) is 4.56. The summed E-state index contributed by atoms with van der Waals surface area (Å²) in [7, 11) is 0. The fourth-order valence-corrected chi connectivity index (χ4v) is 3.42. The summed E-state index contributed by atoms with van der Waals surface area (Å²) < 4.78 is 0. The minimum atomic E-state index is 1.38. The van der Waals surface area contributed by atoms with Gasteiger partial charge in [0, 0.05) is 14.7 Å². The SMILES string of the molecule is CSc1cc(SC)c(SC)cc1C. The normalized spacial score (nSPS) is 10.5. The number of aryl methyl sites for hydroxylation is 1. The zero-order chi connectivity index (χ0) is 9.84. The second-order valence-electron chi connectivity index (χ2n) is 2.68. The van der Waals surface area contributed by atoms with Crippen molar-refractivity contribution in [3.8, 4) is 0 Å². The predicted octanol–water partition coefficient (Wildman–Crippen LogP) is 4.16. The van der Waals surface area contributed by atoms with Gasteiger partial charge in [0.25, 0.3) is 0 Å². The lowest BCUT2D eigenvalue weighted by molar-refractivity contribution is 1.14. The van der Waals surface area contributed by atoms with E-state index in [1.54, 1.807) is 0 Å². The molecule has 0 heterocycles. The lowest BCUT2D eigenvalue weighted by Crippen LogP contribution is -1.84. The predicted molar refractivity (Wildman–Crippen MR) is 66.5 cm³/mol. The molecule has 0 amide bonds. The largest absolute Gasteiger partial charge is 0.129 e. The maximum Gasteiger partial charge on any atom is 0.0216 e. The maximum absolute atomic E-state index is 2.29. The molecule has 0 aliphatic carbocycles. The number of hydrogen-bond donors (Lipinski definition) is 0. The minimum Gasteiger partial charge on any atom is -0.129 e. The average Bonchev–Trinajstić information content (AvgIpc) is 2.17. The first-order valence-corrected chi connectivity index (χ1v) is 7.67. The van der Waals surface area contributed by atoms with Gasteiger partial charge in [-0.05, 0) is 43.4 Å². The molecule has 0 aromatic heterocycles. The smallest absolute Gasteiger partial charge is 0.0216 e. The summed E-state index contributed by atoms with van der Waals surface area (Å²) in [5, 5.41) is 0. The summed E-state index contributed by atoms with van der Waals surface area (Å²) in [4.78, 5) is 4.17. The van der Waals surface area contributed by atoms with Gasteiger partial charge in [-0.15, -0.1) is 35.3 Å². The van der Waals surface area contributed by atoms with Gasteiger partial charge in [0.2, 0.25) is 0 Å². The third kappa shape index (κ3) is 2.61. The molecule has 0 saturated heterocycles. The van der Waals surface area contributed by atoms with Gasteiger partial charge in [-0.1, -0.05) is 0 Å². The molecule has 0 nitrogen and oxygen atoms in total. The van der Waals surface area contributed by atoms with Gasteiger partial charge >= 0.3 is 0 Å². The van der Waals surface area contributed by atoms with Gasteiger partial charge in [-0.25, -0.2) is 0 Å². The molecule has 13 heavy (non-hydrogen) atoms. The van der Waals surface area contributed by atoms with Crippen molar-refractivity contribution in [2.24, 2.45) is 0 Å². The molecule has 0 unspecified atom stereocenters. The molecule has 0 saturated carbocycles. The van der Waals surface area contributed by atoms with Crippen LogP contribution in [-0.2, 0) is 0 Å². The Labute approximate surface area is 93.3 Å². The topological polar surface area (TPSA) is 0 Å². The molecule has 0 aliphatic rings. The zero-order valence-electron chi connectivity index (χ0n) is 8.38. The maximum atomic E-state index is 2.29. The van der Waals surface area contributed by atoms with Gasteiger partial charge < -0.3 is 0 Å². The minimum absolute atomic E-state index is 1.38. The first-order chi connectivity index (χ1) is 6.22. The molecule has 0 N–H and O–H groups in total. The van der Waals surface area contributed by atoms with Crippen LogP contribution in [-0.4, -0.2) is 18.8 Å². The lowest BCUT2D eigenvalue weighted by Gasteiger charge is -2.09. The molecule has 0 radical (unpaired) electrons. The average molecular weight is 230 g/mol. The van der Waals surface area contributed by atoms with Crippen LogP contribution in [0.15, 0.2) is 26.8 Å². The molecular weight excluding hydrogens is 216 g/mol. The van der Waals surface area contributed by atoms with Crippen LogP contribution in [0.5, 0.6) is 0 Å². The van der Waals surface area contributed by atoms with Crippen LogP contribution >= 0.6 is 35.3 Å². The van der Waals surface area contributed by atoms with Crippen molar-refractivity contribution in [2.45, 2.75) is 21.6 Å². The van der Waals surface area contributed by atoms with E-state index in [2.05, 4.69) is 37.8 Å². The summed E-state index contributed by atoms with van der Waals surface area (Å²) in [5.74, 6) is 0. The summed E-state index contributed by atoms with van der Waals surface area (Å²) in [6.45, 7) is 2.18. The van der Waals surface area contributed by atoms with E-state index in [1.165, 1.54) is 20.2 Å². The zero-order valence-corrected chi connectivity index (χ0v) is 10.8. The third-order valence-corrected chi connectivity index (χ3v) is 4.47. The van der Waals surface area contributed by atoms with Gasteiger partial charge in [0.05, 0.1) is 0 Å². The lowest BCUT2D eigenvalue weighted by atomic mass is 10.2. The first-order valence-electron chi connectivity index (χ1n) is 3.99. The van der Waals surface area contributed by atoms with E-state index in [-0.39, 0.29) is 0 Å². The van der Waals surface area contributed by atoms with E-state index in [9.17, 15) is 0 Å². The molecule has 0 bridgehead atoms. The fraction of sp³-hybridized carbons (Fsp3) is 0.400. The van der Waals surface area contributed by atoms with Crippen molar-refractivity contribution in [1.29, 1.82) is 0 Å². The van der Waals surface area contributed by atoms with Crippen molar-refractivity contribution >= 4 is 35.3 Å². The molecule has 0 atom stereocenters. The van der Waals surface area contributed by atoms with Crippen molar-refractivity contribution in [3.63, 3.8) is 0 Å². The molecular formula is C10H14S3. The molecule has 1 aromatic rings. The highest BCUT2D eigenvalue weighted by molar-refractivity contribution is 8.01. The van der Waals surface area contributed by atoms with E-state index in [0.717, 1.165) is 0 Å². The number of rotatable bonds is 3. The van der Waals surface area contributed by atoms with Crippen LogP contribution in [0, 0.1) is 6.92 Å². The van der Waals surface area contributed by atoms with Crippen molar-refractivity contribution < 1.29 is 0 Å². The second-order valence-corrected chi connectivity index (χ2v) is 5.22.